The molecule has 0 saturated heterocycles. The van der Waals surface area contributed by atoms with Crippen LogP contribution in [0.5, 0.6) is 17.2 Å². The van der Waals surface area contributed by atoms with Gasteiger partial charge in [-0.05, 0) is 70.5 Å². The summed E-state index contributed by atoms with van der Waals surface area (Å²) in [7, 11) is 1.54. The molecule has 0 heterocycles. The number of nitrogens with one attached hydrogen (secondary N) is 2. The summed E-state index contributed by atoms with van der Waals surface area (Å²) in [4.78, 5) is 24.5. The number of rotatable bonds is 8. The Morgan fingerprint density at radius 3 is 1.90 bits per heavy atom. The molecule has 160 valence electrons. The standard InChI is InChI=1S/C23H21BrN2O5/c1-29-21-12-9-17(15-20(21)24)23(28)26-25-22(27)16-7-10-19(11-8-16)31-14-13-30-18-5-3-2-4-6-18/h2-12,15H,13-14H2,1H3,(H,25,27)(H,26,28). The first kappa shape index (κ1) is 22.2. The maximum atomic E-state index is 12.3. The first-order valence-corrected chi connectivity index (χ1v) is 10.2. The molecule has 31 heavy (non-hydrogen) atoms. The number of hydrogen-bond acceptors (Lipinski definition) is 5. The van der Waals surface area contributed by atoms with E-state index < -0.39 is 11.8 Å². The number of hydrogen-bond donors (Lipinski definition) is 2. The Labute approximate surface area is 188 Å². The summed E-state index contributed by atoms with van der Waals surface area (Å²) in [6.45, 7) is 0.772. The molecule has 0 aliphatic rings. The molecule has 0 unspecified atom stereocenters. The molecule has 0 saturated carbocycles. The number of methoxy groups -OCH3 is 1. The molecule has 2 N–H and O–H groups in total. The van der Waals surface area contributed by atoms with Gasteiger partial charge in [0, 0.05) is 11.1 Å². The summed E-state index contributed by atoms with van der Waals surface area (Å²) >= 11 is 3.32. The lowest BCUT2D eigenvalue weighted by atomic mass is 10.2. The van der Waals surface area contributed by atoms with Gasteiger partial charge in [-0.3, -0.25) is 20.4 Å². The highest BCUT2D eigenvalue weighted by atomic mass is 79.9. The molecule has 0 spiro atoms. The van der Waals surface area contributed by atoms with Crippen LogP contribution in [0.15, 0.2) is 77.3 Å². The van der Waals surface area contributed by atoms with Crippen molar-refractivity contribution in [2.24, 2.45) is 0 Å². The molecule has 0 radical (unpaired) electrons. The molecule has 8 heteroatoms. The molecule has 0 aliphatic heterocycles. The van der Waals surface area contributed by atoms with Crippen LogP contribution in [0.4, 0.5) is 0 Å². The summed E-state index contributed by atoms with van der Waals surface area (Å²) in [5.74, 6) is 1.10. The smallest absolute Gasteiger partial charge is 0.269 e. The number of carbonyl (C=O) groups is 2. The van der Waals surface area contributed by atoms with Crippen LogP contribution in [0.3, 0.4) is 0 Å². The Bertz CT molecular complexity index is 1030. The summed E-state index contributed by atoms with van der Waals surface area (Å²) in [6.07, 6.45) is 0. The fourth-order valence-corrected chi connectivity index (χ4v) is 3.14. The average molecular weight is 485 g/mol. The van der Waals surface area contributed by atoms with Gasteiger partial charge in [-0.25, -0.2) is 0 Å². The van der Waals surface area contributed by atoms with Gasteiger partial charge in [0.05, 0.1) is 11.6 Å². The van der Waals surface area contributed by atoms with Crippen molar-refractivity contribution in [3.63, 3.8) is 0 Å². The van der Waals surface area contributed by atoms with Gasteiger partial charge in [0.2, 0.25) is 0 Å². The van der Waals surface area contributed by atoms with Crippen molar-refractivity contribution < 1.29 is 23.8 Å². The summed E-state index contributed by atoms with van der Waals surface area (Å²) in [6, 6.07) is 20.9. The zero-order valence-corrected chi connectivity index (χ0v) is 18.3. The zero-order valence-electron chi connectivity index (χ0n) is 16.8. The quantitative estimate of drug-likeness (QED) is 0.372. The molecule has 3 rings (SSSR count). The molecule has 7 nitrogen and oxygen atoms in total. The lowest BCUT2D eigenvalue weighted by molar-refractivity contribution is 0.0846. The van der Waals surface area contributed by atoms with Gasteiger partial charge in [0.15, 0.2) is 0 Å². The van der Waals surface area contributed by atoms with E-state index in [0.29, 0.717) is 40.3 Å². The van der Waals surface area contributed by atoms with Gasteiger partial charge in [0.25, 0.3) is 11.8 Å². The number of amides is 2. The highest BCUT2D eigenvalue weighted by Crippen LogP contribution is 2.25. The normalized spacial score (nSPS) is 10.1. The molecule has 3 aromatic carbocycles. The van der Waals surface area contributed by atoms with Crippen LogP contribution >= 0.6 is 15.9 Å². The first-order chi connectivity index (χ1) is 15.1. The van der Waals surface area contributed by atoms with E-state index in [0.717, 1.165) is 5.75 Å². The van der Waals surface area contributed by atoms with Crippen LogP contribution < -0.4 is 25.1 Å². The van der Waals surface area contributed by atoms with Gasteiger partial charge in [-0.1, -0.05) is 18.2 Å². The van der Waals surface area contributed by atoms with Crippen molar-refractivity contribution in [2.75, 3.05) is 20.3 Å². The van der Waals surface area contributed by atoms with Crippen molar-refractivity contribution in [3.8, 4) is 17.2 Å². The molecule has 2 amide bonds. The van der Waals surface area contributed by atoms with Crippen LogP contribution in [0, 0.1) is 0 Å². The SMILES string of the molecule is COc1ccc(C(=O)NNC(=O)c2ccc(OCCOc3ccccc3)cc2)cc1Br. The highest BCUT2D eigenvalue weighted by Gasteiger charge is 2.11. The van der Waals surface area contributed by atoms with E-state index in [1.54, 1.807) is 42.5 Å². The highest BCUT2D eigenvalue weighted by molar-refractivity contribution is 9.10. The van der Waals surface area contributed by atoms with E-state index in [2.05, 4.69) is 26.8 Å². The zero-order chi connectivity index (χ0) is 22.1. The second kappa shape index (κ2) is 11.0. The number of halogens is 1. The van der Waals surface area contributed by atoms with Gasteiger partial charge < -0.3 is 14.2 Å². The third-order valence-electron chi connectivity index (χ3n) is 4.18. The van der Waals surface area contributed by atoms with E-state index >= 15 is 0 Å². The number of benzene rings is 3. The van der Waals surface area contributed by atoms with Crippen LogP contribution in [-0.4, -0.2) is 32.1 Å². The predicted octanol–water partition coefficient (Wildman–Crippen LogP) is 3.99. The molecule has 0 fully saturated rings. The Morgan fingerprint density at radius 1 is 0.774 bits per heavy atom. The Balaban J connectivity index is 1.44. The Kier molecular flexibility index (Phi) is 7.89. The first-order valence-electron chi connectivity index (χ1n) is 9.42. The predicted molar refractivity (Wildman–Crippen MR) is 120 cm³/mol. The van der Waals surface area contributed by atoms with Gasteiger partial charge in [0.1, 0.15) is 30.5 Å². The van der Waals surface area contributed by atoms with Crippen LogP contribution in [-0.2, 0) is 0 Å². The van der Waals surface area contributed by atoms with Crippen molar-refractivity contribution in [1.29, 1.82) is 0 Å². The van der Waals surface area contributed by atoms with Crippen LogP contribution in [0.2, 0.25) is 0 Å². The summed E-state index contributed by atoms with van der Waals surface area (Å²) in [5.41, 5.74) is 5.52. The number of hydrazine groups is 1. The molecule has 3 aromatic rings. The second-order valence-corrected chi connectivity index (χ2v) is 7.15. The van der Waals surface area contributed by atoms with Crippen LogP contribution in [0.25, 0.3) is 0 Å². The lowest BCUT2D eigenvalue weighted by Crippen LogP contribution is -2.41. The maximum absolute atomic E-state index is 12.3. The second-order valence-electron chi connectivity index (χ2n) is 6.29. The van der Waals surface area contributed by atoms with Gasteiger partial charge in [-0.2, -0.15) is 0 Å². The molecule has 0 bridgehead atoms. The Morgan fingerprint density at radius 2 is 1.32 bits per heavy atom. The molecule has 0 aromatic heterocycles. The van der Waals surface area contributed by atoms with Crippen molar-refractivity contribution in [2.45, 2.75) is 0 Å². The van der Waals surface area contributed by atoms with Crippen LogP contribution in [0.1, 0.15) is 20.7 Å². The fraction of sp³-hybridized carbons (Fsp3) is 0.130. The van der Waals surface area contributed by atoms with E-state index in [4.69, 9.17) is 14.2 Å². The van der Waals surface area contributed by atoms with E-state index in [1.807, 2.05) is 30.3 Å². The average Bonchev–Trinajstić information content (AvgIpc) is 2.81. The van der Waals surface area contributed by atoms with E-state index in [9.17, 15) is 9.59 Å². The van der Waals surface area contributed by atoms with Crippen molar-refractivity contribution >= 4 is 27.7 Å². The molecule has 0 aliphatic carbocycles. The minimum atomic E-state index is -0.449. The number of ether oxygens (including phenoxy) is 3. The third-order valence-corrected chi connectivity index (χ3v) is 4.80. The van der Waals surface area contributed by atoms with Crippen molar-refractivity contribution in [3.05, 3.63) is 88.4 Å². The monoisotopic (exact) mass is 484 g/mol. The largest absolute Gasteiger partial charge is 0.496 e. The Hall–Kier alpha value is -3.52. The summed E-state index contributed by atoms with van der Waals surface area (Å²) < 4.78 is 16.9. The maximum Gasteiger partial charge on any atom is 0.269 e. The minimum absolute atomic E-state index is 0.369. The number of para-hydroxylation sites is 1. The van der Waals surface area contributed by atoms with Gasteiger partial charge in [-0.15, -0.1) is 0 Å². The molecular weight excluding hydrogens is 464 g/mol. The minimum Gasteiger partial charge on any atom is -0.496 e. The third kappa shape index (κ3) is 6.48. The molecule has 0 atom stereocenters. The fourth-order valence-electron chi connectivity index (χ4n) is 2.60. The summed E-state index contributed by atoms with van der Waals surface area (Å²) in [5, 5.41) is 0. The lowest BCUT2D eigenvalue weighted by Gasteiger charge is -2.10. The topological polar surface area (TPSA) is 85.9 Å². The van der Waals surface area contributed by atoms with E-state index in [1.165, 1.54) is 7.11 Å². The van der Waals surface area contributed by atoms with Crippen molar-refractivity contribution in [1.82, 2.24) is 10.9 Å². The number of carbonyl (C=O) groups excluding carboxylic acids is 2. The molecular formula is C23H21BrN2O5. The van der Waals surface area contributed by atoms with Gasteiger partial charge >= 0.3 is 0 Å². The van der Waals surface area contributed by atoms with E-state index in [-0.39, 0.29) is 0 Å².